The fraction of sp³-hybridized carbons (Fsp3) is 1.00. The Kier molecular flexibility index (Phi) is 86.6. The molecule has 2 unspecified atom stereocenters. The average Bonchev–Trinajstić information content (AvgIpc) is 3.54. The van der Waals surface area contributed by atoms with Crippen LogP contribution in [0.4, 0.5) is 0 Å². The van der Waals surface area contributed by atoms with Gasteiger partial charge in [0.15, 0.2) is 0 Å². The standard InChI is InChI=1S/C44H92N2O2.C36H74O2/c1-4-6-8-10-12-14-16-18-20-22-24-26-28-35-41-47-43-44(37-31-34-40-46-39-33-30-32-38-45-3)48-42-36-29-27-25-23-21-19-17-15-13-11-9-7-5-2;1-4-7-9-11-13-15-17-19-21-23-25-27-29-31-33-37-35-36(6-3)38-34-32-30-28-26-24-22-20-18-16-14-12-10-8-5-2/h44-46H,4-43H2,1-3H3;36H,4-35H2,1-3H3. The Hall–Kier alpha value is -0.240. The predicted octanol–water partition coefficient (Wildman–Crippen LogP) is 26.3. The van der Waals surface area contributed by atoms with Crippen molar-refractivity contribution in [1.29, 1.82) is 0 Å². The molecule has 0 spiro atoms. The van der Waals surface area contributed by atoms with Crippen LogP contribution in [-0.4, -0.2) is 78.5 Å². The minimum absolute atomic E-state index is 0.278. The summed E-state index contributed by atoms with van der Waals surface area (Å²) >= 11 is 0. The highest BCUT2D eigenvalue weighted by molar-refractivity contribution is 4.62. The maximum Gasteiger partial charge on any atom is 0.0808 e. The van der Waals surface area contributed by atoms with Crippen LogP contribution in [0.15, 0.2) is 0 Å². The summed E-state index contributed by atoms with van der Waals surface area (Å²) in [5.74, 6) is 0. The van der Waals surface area contributed by atoms with Crippen LogP contribution in [0, 0.1) is 0 Å². The molecule has 0 bridgehead atoms. The first-order valence-corrected chi connectivity index (χ1v) is 40.4. The Labute approximate surface area is 544 Å². The molecule has 2 atom stereocenters. The van der Waals surface area contributed by atoms with E-state index < -0.39 is 0 Å². The Balaban J connectivity index is 0. The summed E-state index contributed by atoms with van der Waals surface area (Å²) in [6, 6.07) is 0. The maximum absolute atomic E-state index is 6.40. The van der Waals surface area contributed by atoms with Crippen LogP contribution in [0.25, 0.3) is 0 Å². The summed E-state index contributed by atoms with van der Waals surface area (Å²) < 4.78 is 24.6. The van der Waals surface area contributed by atoms with Gasteiger partial charge in [-0.05, 0) is 90.9 Å². The second-order valence-corrected chi connectivity index (χ2v) is 27.3. The molecule has 0 aliphatic heterocycles. The highest BCUT2D eigenvalue weighted by Gasteiger charge is 2.11. The fourth-order valence-corrected chi connectivity index (χ4v) is 12.3. The van der Waals surface area contributed by atoms with Crippen LogP contribution in [0.2, 0.25) is 0 Å². The van der Waals surface area contributed by atoms with Crippen molar-refractivity contribution in [3.8, 4) is 0 Å². The van der Waals surface area contributed by atoms with E-state index in [0.717, 1.165) is 72.1 Å². The lowest BCUT2D eigenvalue weighted by Gasteiger charge is -2.18. The third kappa shape index (κ3) is 81.8. The minimum atomic E-state index is 0.278. The van der Waals surface area contributed by atoms with E-state index in [0.29, 0.717) is 6.10 Å². The van der Waals surface area contributed by atoms with Gasteiger partial charge in [0.1, 0.15) is 0 Å². The maximum atomic E-state index is 6.40. The summed E-state index contributed by atoms with van der Waals surface area (Å²) in [6.45, 7) is 20.1. The van der Waals surface area contributed by atoms with Gasteiger partial charge in [-0.25, -0.2) is 0 Å². The molecule has 0 saturated heterocycles. The van der Waals surface area contributed by atoms with Gasteiger partial charge in [-0.15, -0.1) is 0 Å². The molecule has 0 radical (unpaired) electrons. The molecule has 0 aliphatic carbocycles. The zero-order chi connectivity index (χ0) is 62.3. The van der Waals surface area contributed by atoms with E-state index in [1.165, 1.54) is 392 Å². The number of hydrogen-bond donors (Lipinski definition) is 2. The Morgan fingerprint density at radius 3 is 0.721 bits per heavy atom. The van der Waals surface area contributed by atoms with Crippen LogP contribution in [0.1, 0.15) is 439 Å². The first-order valence-electron chi connectivity index (χ1n) is 40.4. The Morgan fingerprint density at radius 1 is 0.221 bits per heavy atom. The monoisotopic (exact) mass is 1220 g/mol. The number of hydrogen-bond acceptors (Lipinski definition) is 6. The van der Waals surface area contributed by atoms with E-state index in [4.69, 9.17) is 18.9 Å². The smallest absolute Gasteiger partial charge is 0.0808 e. The van der Waals surface area contributed by atoms with Crippen molar-refractivity contribution in [2.75, 3.05) is 66.3 Å². The molecular formula is C80H166N2O4. The molecular weight excluding hydrogens is 1050 g/mol. The molecule has 0 aromatic heterocycles. The van der Waals surface area contributed by atoms with Crippen LogP contribution >= 0.6 is 0 Å². The SMILES string of the molecule is CCCCCCCCCCCCCCCCOCC(CC)OCCCCCCCCCCCCCCCC.CCCCCCCCCCCCCCCCOCC(CCCCNCCCCCNC)OCCCCCCCCCCCCCCCC. The molecule has 0 fully saturated rings. The van der Waals surface area contributed by atoms with Crippen molar-refractivity contribution in [3.05, 3.63) is 0 Å². The first-order chi connectivity index (χ1) is 42.7. The van der Waals surface area contributed by atoms with Gasteiger partial charge in [0, 0.05) is 26.4 Å². The molecule has 0 heterocycles. The molecule has 6 nitrogen and oxygen atoms in total. The third-order valence-corrected chi connectivity index (χ3v) is 18.5. The van der Waals surface area contributed by atoms with Crippen LogP contribution in [0.5, 0.6) is 0 Å². The molecule has 0 aromatic rings. The minimum Gasteiger partial charge on any atom is -0.379 e. The summed E-state index contributed by atoms with van der Waals surface area (Å²) in [4.78, 5) is 0. The summed E-state index contributed by atoms with van der Waals surface area (Å²) in [5, 5.41) is 6.89. The van der Waals surface area contributed by atoms with Crippen LogP contribution < -0.4 is 10.6 Å². The summed E-state index contributed by atoms with van der Waals surface area (Å²) in [6.07, 6.45) is 88.0. The zero-order valence-electron chi connectivity index (χ0n) is 60.7. The van der Waals surface area contributed by atoms with E-state index in [1.807, 2.05) is 7.05 Å². The van der Waals surface area contributed by atoms with Gasteiger partial charge in [0.2, 0.25) is 0 Å². The van der Waals surface area contributed by atoms with Crippen molar-refractivity contribution in [3.63, 3.8) is 0 Å². The number of rotatable bonds is 78. The van der Waals surface area contributed by atoms with E-state index >= 15 is 0 Å². The highest BCUT2D eigenvalue weighted by atomic mass is 16.5. The number of ether oxygens (including phenoxy) is 4. The summed E-state index contributed by atoms with van der Waals surface area (Å²) in [7, 11) is 2.04. The van der Waals surface area contributed by atoms with E-state index in [-0.39, 0.29) is 6.10 Å². The Bertz CT molecular complexity index is 1110. The molecule has 0 aliphatic rings. The van der Waals surface area contributed by atoms with Crippen molar-refractivity contribution in [1.82, 2.24) is 10.6 Å². The van der Waals surface area contributed by atoms with Gasteiger partial charge in [0.05, 0.1) is 25.4 Å². The van der Waals surface area contributed by atoms with Gasteiger partial charge in [0.25, 0.3) is 0 Å². The molecule has 0 rings (SSSR count). The lowest BCUT2D eigenvalue weighted by Crippen LogP contribution is -2.22. The summed E-state index contributed by atoms with van der Waals surface area (Å²) in [5.41, 5.74) is 0. The van der Waals surface area contributed by atoms with Crippen molar-refractivity contribution >= 4 is 0 Å². The van der Waals surface area contributed by atoms with Crippen LogP contribution in [0.3, 0.4) is 0 Å². The van der Waals surface area contributed by atoms with Crippen LogP contribution in [-0.2, 0) is 18.9 Å². The zero-order valence-corrected chi connectivity index (χ0v) is 60.7. The molecule has 520 valence electrons. The number of nitrogens with one attached hydrogen (secondary N) is 2. The topological polar surface area (TPSA) is 61.0 Å². The van der Waals surface area contributed by atoms with E-state index in [2.05, 4.69) is 45.3 Å². The Morgan fingerprint density at radius 2 is 0.442 bits per heavy atom. The van der Waals surface area contributed by atoms with E-state index in [1.54, 1.807) is 0 Å². The molecule has 2 N–H and O–H groups in total. The quantitative estimate of drug-likeness (QED) is 0.0592. The fourth-order valence-electron chi connectivity index (χ4n) is 12.3. The lowest BCUT2D eigenvalue weighted by atomic mass is 10.0. The van der Waals surface area contributed by atoms with Crippen molar-refractivity contribution < 1.29 is 18.9 Å². The second kappa shape index (κ2) is 84.8. The first kappa shape index (κ1) is 87.8. The molecule has 0 amide bonds. The molecule has 86 heavy (non-hydrogen) atoms. The molecule has 6 heteroatoms. The normalized spacial score (nSPS) is 12.3. The number of unbranched alkanes of at least 4 members (excludes halogenated alkanes) is 55. The van der Waals surface area contributed by atoms with Gasteiger partial charge in [-0.1, -0.05) is 375 Å². The predicted molar refractivity (Wildman–Crippen MR) is 387 cm³/mol. The molecule has 0 aromatic carbocycles. The average molecular weight is 1220 g/mol. The van der Waals surface area contributed by atoms with Gasteiger partial charge >= 0.3 is 0 Å². The lowest BCUT2D eigenvalue weighted by molar-refractivity contribution is -0.0234. The van der Waals surface area contributed by atoms with Crippen molar-refractivity contribution in [2.24, 2.45) is 0 Å². The van der Waals surface area contributed by atoms with Crippen molar-refractivity contribution in [2.45, 2.75) is 451 Å². The molecule has 0 saturated carbocycles. The largest absolute Gasteiger partial charge is 0.379 e. The highest BCUT2D eigenvalue weighted by Crippen LogP contribution is 2.19. The van der Waals surface area contributed by atoms with Gasteiger partial charge in [-0.2, -0.15) is 0 Å². The second-order valence-electron chi connectivity index (χ2n) is 27.3. The van der Waals surface area contributed by atoms with E-state index in [9.17, 15) is 0 Å². The van der Waals surface area contributed by atoms with Gasteiger partial charge in [-0.3, -0.25) is 0 Å². The third-order valence-electron chi connectivity index (χ3n) is 18.5. The van der Waals surface area contributed by atoms with Gasteiger partial charge < -0.3 is 29.6 Å².